The second kappa shape index (κ2) is 4.44. The number of thioether (sulfide) groups is 1. The van der Waals surface area contributed by atoms with Gasteiger partial charge in [-0.3, -0.25) is 4.79 Å². The fourth-order valence-corrected chi connectivity index (χ4v) is 0.798. The van der Waals surface area contributed by atoms with Gasteiger partial charge in [0.05, 0.1) is 4.91 Å². The van der Waals surface area contributed by atoms with E-state index in [4.69, 9.17) is 0 Å². The third kappa shape index (κ3) is 4.09. The van der Waals surface area contributed by atoms with Crippen molar-refractivity contribution in [2.24, 2.45) is 0 Å². The summed E-state index contributed by atoms with van der Waals surface area (Å²) in [6.07, 6.45) is 4.52. The van der Waals surface area contributed by atoms with Crippen LogP contribution in [0.5, 0.6) is 0 Å². The summed E-state index contributed by atoms with van der Waals surface area (Å²) in [6.45, 7) is 0. The van der Waals surface area contributed by atoms with Gasteiger partial charge in [0.15, 0.2) is 6.29 Å². The molecule has 0 saturated heterocycles. The highest BCUT2D eigenvalue weighted by Crippen LogP contribution is 2.06. The van der Waals surface area contributed by atoms with Crippen LogP contribution >= 0.6 is 11.8 Å². The summed E-state index contributed by atoms with van der Waals surface area (Å²) in [4.78, 5) is 12.8. The van der Waals surface area contributed by atoms with Gasteiger partial charge >= 0.3 is 0 Å². The number of carbonyl (C=O) groups excluding carboxylic acids is 1. The first-order valence-corrected chi connectivity index (χ1v) is 3.80. The number of aldehydes is 1. The molecule has 9 heavy (non-hydrogen) atoms. The first kappa shape index (κ1) is 8.56. The molecule has 0 N–H and O–H groups in total. The van der Waals surface area contributed by atoms with Crippen molar-refractivity contribution in [3.05, 3.63) is 11.1 Å². The predicted molar refractivity (Wildman–Crippen MR) is 41.3 cm³/mol. The summed E-state index contributed by atoms with van der Waals surface area (Å²) < 4.78 is 0. The molecule has 0 heterocycles. The van der Waals surface area contributed by atoms with Crippen LogP contribution in [0.2, 0.25) is 0 Å². The maximum Gasteiger partial charge on any atom is 0.157 e. The van der Waals surface area contributed by atoms with E-state index in [9.17, 15) is 4.79 Å². The Morgan fingerprint density at radius 2 is 2.11 bits per heavy atom. The summed E-state index contributed by atoms with van der Waals surface area (Å²) in [7, 11) is 3.78. The fraction of sp³-hybridized carbons (Fsp3) is 0.500. The smallest absolute Gasteiger partial charge is 0.157 e. The zero-order valence-electron chi connectivity index (χ0n) is 5.92. The van der Waals surface area contributed by atoms with Gasteiger partial charge in [0, 0.05) is 20.3 Å². The molecule has 2 nitrogen and oxygen atoms in total. The Balaban J connectivity index is 3.90. The minimum atomic E-state index is 0.750. The van der Waals surface area contributed by atoms with Gasteiger partial charge < -0.3 is 4.90 Å². The number of nitrogens with zero attached hydrogens (tertiary/aromatic N) is 1. The molecule has 0 aromatic carbocycles. The molecule has 0 saturated carbocycles. The van der Waals surface area contributed by atoms with Crippen LogP contribution in [-0.4, -0.2) is 31.5 Å². The summed E-state index contributed by atoms with van der Waals surface area (Å²) in [5.41, 5.74) is 0. The van der Waals surface area contributed by atoms with Crippen LogP contribution in [0.4, 0.5) is 0 Å². The Bertz CT molecular complexity index is 120. The molecule has 0 radical (unpaired) electrons. The molecule has 0 unspecified atom stereocenters. The highest BCUT2D eigenvalue weighted by Gasteiger charge is 1.89. The molecule has 0 amide bonds. The zero-order chi connectivity index (χ0) is 7.28. The van der Waals surface area contributed by atoms with Crippen LogP contribution < -0.4 is 0 Å². The van der Waals surface area contributed by atoms with Crippen LogP contribution in [-0.2, 0) is 4.79 Å². The summed E-state index contributed by atoms with van der Waals surface area (Å²) in [5, 5.41) is 0. The third-order valence-electron chi connectivity index (χ3n) is 0.737. The molecular formula is C6H11NOS. The SMILES string of the molecule is CS/C(C=O)=C\N(C)C. The average Bonchev–Trinajstić information content (AvgIpc) is 1.82. The first-order valence-electron chi connectivity index (χ1n) is 2.58. The fourth-order valence-electron chi connectivity index (χ4n) is 0.386. The van der Waals surface area contributed by atoms with Crippen molar-refractivity contribution in [2.75, 3.05) is 20.4 Å². The maximum absolute atomic E-state index is 10.2. The van der Waals surface area contributed by atoms with Gasteiger partial charge in [0.25, 0.3) is 0 Å². The number of carbonyl (C=O) groups is 1. The number of rotatable bonds is 3. The lowest BCUT2D eigenvalue weighted by molar-refractivity contribution is -0.104. The minimum Gasteiger partial charge on any atom is -0.382 e. The van der Waals surface area contributed by atoms with Crippen molar-refractivity contribution in [2.45, 2.75) is 0 Å². The summed E-state index contributed by atoms with van der Waals surface area (Å²) >= 11 is 1.45. The van der Waals surface area contributed by atoms with E-state index >= 15 is 0 Å². The van der Waals surface area contributed by atoms with E-state index in [0.29, 0.717) is 0 Å². The van der Waals surface area contributed by atoms with Crippen molar-refractivity contribution in [1.82, 2.24) is 4.90 Å². The Morgan fingerprint density at radius 1 is 1.56 bits per heavy atom. The highest BCUT2D eigenvalue weighted by molar-refractivity contribution is 8.03. The molecule has 0 aromatic rings. The third-order valence-corrected chi connectivity index (χ3v) is 1.41. The van der Waals surface area contributed by atoms with Gasteiger partial charge in [0.2, 0.25) is 0 Å². The Labute approximate surface area is 59.9 Å². The lowest BCUT2D eigenvalue weighted by Gasteiger charge is -2.04. The van der Waals surface area contributed by atoms with E-state index in [0.717, 1.165) is 11.2 Å². The van der Waals surface area contributed by atoms with Crippen molar-refractivity contribution in [1.29, 1.82) is 0 Å². The van der Waals surface area contributed by atoms with Crippen LogP contribution in [0, 0.1) is 0 Å². The van der Waals surface area contributed by atoms with Crippen molar-refractivity contribution in [3.8, 4) is 0 Å². The van der Waals surface area contributed by atoms with Crippen molar-refractivity contribution in [3.63, 3.8) is 0 Å². The van der Waals surface area contributed by atoms with Crippen LogP contribution in [0.1, 0.15) is 0 Å². The topological polar surface area (TPSA) is 20.3 Å². The monoisotopic (exact) mass is 145 g/mol. The predicted octanol–water partition coefficient (Wildman–Crippen LogP) is 0.951. The molecule has 0 aliphatic rings. The first-order chi connectivity index (χ1) is 4.20. The zero-order valence-corrected chi connectivity index (χ0v) is 6.73. The molecule has 52 valence electrons. The quantitative estimate of drug-likeness (QED) is 0.435. The van der Waals surface area contributed by atoms with E-state index in [1.807, 2.05) is 25.3 Å². The van der Waals surface area contributed by atoms with E-state index in [1.54, 1.807) is 6.20 Å². The van der Waals surface area contributed by atoms with Gasteiger partial charge in [0.1, 0.15) is 0 Å². The highest BCUT2D eigenvalue weighted by atomic mass is 32.2. The Hall–Kier alpha value is -0.440. The average molecular weight is 145 g/mol. The van der Waals surface area contributed by atoms with Gasteiger partial charge in [-0.25, -0.2) is 0 Å². The summed E-state index contributed by atoms with van der Waals surface area (Å²) in [6, 6.07) is 0. The minimum absolute atomic E-state index is 0.750. The van der Waals surface area contributed by atoms with Gasteiger partial charge in [-0.05, 0) is 6.26 Å². The van der Waals surface area contributed by atoms with Crippen molar-refractivity contribution < 1.29 is 4.79 Å². The van der Waals surface area contributed by atoms with Crippen LogP contribution in [0.25, 0.3) is 0 Å². The second-order valence-corrected chi connectivity index (χ2v) is 2.70. The molecular weight excluding hydrogens is 134 g/mol. The van der Waals surface area contributed by atoms with E-state index in [1.165, 1.54) is 11.8 Å². The number of allylic oxidation sites excluding steroid dienone is 1. The molecule has 3 heteroatoms. The molecule has 0 atom stereocenters. The molecule has 0 rings (SSSR count). The van der Waals surface area contributed by atoms with Crippen LogP contribution in [0.3, 0.4) is 0 Å². The lowest BCUT2D eigenvalue weighted by atomic mass is 10.6. The molecule has 0 aliphatic heterocycles. The largest absolute Gasteiger partial charge is 0.382 e. The molecule has 0 bridgehead atoms. The lowest BCUT2D eigenvalue weighted by Crippen LogP contribution is -2.02. The maximum atomic E-state index is 10.2. The summed E-state index contributed by atoms with van der Waals surface area (Å²) in [5.74, 6) is 0. The standard InChI is InChI=1S/C6H11NOS/c1-7(2)4-6(5-8)9-3/h4-5H,1-3H3/b6-4-. The second-order valence-electron chi connectivity index (χ2n) is 1.82. The Kier molecular flexibility index (Phi) is 4.22. The number of hydrogen-bond donors (Lipinski definition) is 0. The van der Waals surface area contributed by atoms with Gasteiger partial charge in [-0.2, -0.15) is 0 Å². The molecule has 0 aliphatic carbocycles. The molecule has 0 aromatic heterocycles. The van der Waals surface area contributed by atoms with E-state index < -0.39 is 0 Å². The normalized spacial score (nSPS) is 11.2. The van der Waals surface area contributed by atoms with Crippen LogP contribution in [0.15, 0.2) is 11.1 Å². The number of hydrogen-bond acceptors (Lipinski definition) is 3. The van der Waals surface area contributed by atoms with Gasteiger partial charge in [-0.15, -0.1) is 11.8 Å². The Morgan fingerprint density at radius 3 is 2.22 bits per heavy atom. The molecule has 0 fully saturated rings. The van der Waals surface area contributed by atoms with E-state index in [-0.39, 0.29) is 0 Å². The van der Waals surface area contributed by atoms with E-state index in [2.05, 4.69) is 0 Å². The molecule has 0 spiro atoms. The van der Waals surface area contributed by atoms with Crippen molar-refractivity contribution >= 4 is 18.0 Å². The van der Waals surface area contributed by atoms with Gasteiger partial charge in [-0.1, -0.05) is 0 Å².